The molecule has 5 rings (SSSR count). The fourth-order valence-electron chi connectivity index (χ4n) is 4.41. The Morgan fingerprint density at radius 3 is 2.58 bits per heavy atom. The third kappa shape index (κ3) is 4.74. The van der Waals surface area contributed by atoms with Crippen LogP contribution in [0.15, 0.2) is 42.7 Å². The predicted molar refractivity (Wildman–Crippen MR) is 140 cm³/mol. The number of carbonyl (C=O) groups is 2. The second kappa shape index (κ2) is 9.40. The van der Waals surface area contributed by atoms with Crippen LogP contribution < -0.4 is 15.0 Å². The minimum absolute atomic E-state index is 0.00524. The Bertz CT molecular complexity index is 1580. The van der Waals surface area contributed by atoms with Crippen molar-refractivity contribution in [3.8, 4) is 22.8 Å². The number of aryl methyl sites for hydroxylation is 1. The zero-order valence-corrected chi connectivity index (χ0v) is 21.7. The second-order valence-corrected chi connectivity index (χ2v) is 9.95. The Kier molecular flexibility index (Phi) is 6.22. The third-order valence-electron chi connectivity index (χ3n) is 5.82. The molecule has 0 bridgehead atoms. The number of nitrogens with one attached hydrogen (secondary N) is 1. The van der Waals surface area contributed by atoms with Crippen molar-refractivity contribution in [1.29, 1.82) is 0 Å². The van der Waals surface area contributed by atoms with Crippen LogP contribution in [0, 0.1) is 12.7 Å². The number of amides is 2. The summed E-state index contributed by atoms with van der Waals surface area (Å²) in [5, 5.41) is 3.21. The molecule has 1 aromatic carbocycles. The fraction of sp³-hybridized carbons (Fsp3) is 0.296. The maximum Gasteiger partial charge on any atom is 0.416 e. The second-order valence-electron chi connectivity index (χ2n) is 9.95. The van der Waals surface area contributed by atoms with Crippen molar-refractivity contribution >= 4 is 34.7 Å². The van der Waals surface area contributed by atoms with E-state index in [9.17, 15) is 9.59 Å². The van der Waals surface area contributed by atoms with E-state index < -0.39 is 17.5 Å². The summed E-state index contributed by atoms with van der Waals surface area (Å²) in [5.41, 5.74) is 1.47. The van der Waals surface area contributed by atoms with Crippen LogP contribution in [-0.4, -0.2) is 43.7 Å². The van der Waals surface area contributed by atoms with Gasteiger partial charge in [-0.25, -0.2) is 24.1 Å². The summed E-state index contributed by atoms with van der Waals surface area (Å²) in [6.07, 6.45) is 0.799. The number of aromatic nitrogens is 4. The van der Waals surface area contributed by atoms with Crippen LogP contribution >= 0.6 is 0 Å². The number of hydrogen-bond acceptors (Lipinski definition) is 7. The first-order chi connectivity index (χ1) is 18.0. The number of benzene rings is 1. The van der Waals surface area contributed by atoms with Crippen LogP contribution in [0.3, 0.4) is 0 Å². The zero-order chi connectivity index (χ0) is 27.2. The lowest BCUT2D eigenvalue weighted by atomic mass is 10.0. The molecule has 2 amide bonds. The van der Waals surface area contributed by atoms with Crippen LogP contribution in [0.2, 0.25) is 0 Å². The zero-order valence-electron chi connectivity index (χ0n) is 21.7. The number of halogens is 1. The highest BCUT2D eigenvalue weighted by Crippen LogP contribution is 2.46. The van der Waals surface area contributed by atoms with Gasteiger partial charge in [-0.2, -0.15) is 0 Å². The molecule has 0 saturated carbocycles. The van der Waals surface area contributed by atoms with Crippen molar-refractivity contribution in [2.45, 2.75) is 46.8 Å². The van der Waals surface area contributed by atoms with Crippen LogP contribution in [-0.2, 0) is 16.1 Å². The molecule has 0 spiro atoms. The van der Waals surface area contributed by atoms with E-state index in [0.29, 0.717) is 41.1 Å². The van der Waals surface area contributed by atoms with Crippen molar-refractivity contribution in [3.63, 3.8) is 0 Å². The Balaban J connectivity index is 1.67. The summed E-state index contributed by atoms with van der Waals surface area (Å²) in [5.74, 6) is 0.0483. The molecule has 0 atom stereocenters. The van der Waals surface area contributed by atoms with E-state index in [4.69, 9.17) is 9.47 Å². The molecule has 0 unspecified atom stereocenters. The van der Waals surface area contributed by atoms with Gasteiger partial charge in [-0.05, 0) is 51.5 Å². The third-order valence-corrected chi connectivity index (χ3v) is 5.82. The number of carbonyl (C=O) groups excluding carboxylic acids is 2. The highest BCUT2D eigenvalue weighted by molar-refractivity contribution is 6.12. The standard InChI is InChI=1S/C27H27FN6O4/c1-15-7-6-8-20(31-15)37-19-10-9-17(13-18(19)28)21-22-23(32-16(2)35)29-14-30-24(22)33-11-12-34(25(21)33)26(36)38-27(3,4)5/h6-10,13-14H,11-12H2,1-5H3,(H,29,30,32,35). The van der Waals surface area contributed by atoms with Gasteiger partial charge in [-0.15, -0.1) is 0 Å². The first-order valence-corrected chi connectivity index (χ1v) is 12.1. The quantitative estimate of drug-likeness (QED) is 0.383. The Morgan fingerprint density at radius 2 is 1.89 bits per heavy atom. The van der Waals surface area contributed by atoms with Gasteiger partial charge >= 0.3 is 6.09 Å². The van der Waals surface area contributed by atoms with E-state index in [2.05, 4.69) is 20.3 Å². The topological polar surface area (TPSA) is 111 Å². The lowest BCUT2D eigenvalue weighted by Gasteiger charge is -2.24. The molecule has 0 saturated heterocycles. The van der Waals surface area contributed by atoms with Crippen molar-refractivity contribution in [2.75, 3.05) is 16.8 Å². The van der Waals surface area contributed by atoms with Gasteiger partial charge in [-0.3, -0.25) is 9.69 Å². The molecule has 11 heteroatoms. The monoisotopic (exact) mass is 518 g/mol. The van der Waals surface area contributed by atoms with Gasteiger partial charge in [0.05, 0.1) is 5.39 Å². The van der Waals surface area contributed by atoms with Crippen LogP contribution in [0.25, 0.3) is 22.2 Å². The first-order valence-electron chi connectivity index (χ1n) is 12.1. The van der Waals surface area contributed by atoms with Crippen LogP contribution in [0.4, 0.5) is 20.8 Å². The fourth-order valence-corrected chi connectivity index (χ4v) is 4.41. The average molecular weight is 519 g/mol. The molecule has 1 aliphatic heterocycles. The van der Waals surface area contributed by atoms with Crippen LogP contribution in [0.5, 0.6) is 11.6 Å². The molecule has 0 radical (unpaired) electrons. The number of pyridine rings is 1. The van der Waals surface area contributed by atoms with Gasteiger partial charge in [-0.1, -0.05) is 12.1 Å². The molecular formula is C27H27FN6O4. The predicted octanol–water partition coefficient (Wildman–Crippen LogP) is 5.45. The smallest absolute Gasteiger partial charge is 0.416 e. The summed E-state index contributed by atoms with van der Waals surface area (Å²) in [6, 6.07) is 9.73. The Hall–Kier alpha value is -4.54. The van der Waals surface area contributed by atoms with E-state index in [1.54, 1.807) is 39.0 Å². The summed E-state index contributed by atoms with van der Waals surface area (Å²) in [7, 11) is 0. The minimum atomic E-state index is -0.716. The Labute approximate surface area is 218 Å². The van der Waals surface area contributed by atoms with E-state index in [1.807, 2.05) is 17.6 Å². The van der Waals surface area contributed by atoms with E-state index >= 15 is 4.39 Å². The number of fused-ring (bicyclic) bond motifs is 3. The van der Waals surface area contributed by atoms with Crippen molar-refractivity contribution in [3.05, 3.63) is 54.2 Å². The molecule has 1 N–H and O–H groups in total. The molecule has 0 aliphatic carbocycles. The summed E-state index contributed by atoms with van der Waals surface area (Å²) in [6.45, 7) is 9.32. The van der Waals surface area contributed by atoms with E-state index in [1.165, 1.54) is 30.3 Å². The van der Waals surface area contributed by atoms with Gasteiger partial charge in [0.2, 0.25) is 11.8 Å². The number of anilines is 2. The van der Waals surface area contributed by atoms with Gasteiger partial charge in [0, 0.05) is 37.3 Å². The molecule has 4 heterocycles. The number of ether oxygens (including phenoxy) is 2. The van der Waals surface area contributed by atoms with E-state index in [0.717, 1.165) is 5.69 Å². The van der Waals surface area contributed by atoms with Gasteiger partial charge in [0.25, 0.3) is 0 Å². The first kappa shape index (κ1) is 25.1. The van der Waals surface area contributed by atoms with Crippen molar-refractivity contribution < 1.29 is 23.5 Å². The molecule has 10 nitrogen and oxygen atoms in total. The minimum Gasteiger partial charge on any atom is -0.443 e. The molecule has 0 fully saturated rings. The number of hydrogen-bond donors (Lipinski definition) is 1. The summed E-state index contributed by atoms with van der Waals surface area (Å²) < 4.78 is 28.6. The van der Waals surface area contributed by atoms with Crippen molar-refractivity contribution in [2.24, 2.45) is 0 Å². The lowest BCUT2D eigenvalue weighted by molar-refractivity contribution is -0.114. The van der Waals surface area contributed by atoms with E-state index in [-0.39, 0.29) is 23.4 Å². The normalized spacial score (nSPS) is 12.9. The Morgan fingerprint density at radius 1 is 1.11 bits per heavy atom. The highest BCUT2D eigenvalue weighted by atomic mass is 19.1. The molecule has 3 aromatic heterocycles. The molecule has 38 heavy (non-hydrogen) atoms. The van der Waals surface area contributed by atoms with Gasteiger partial charge < -0.3 is 19.4 Å². The average Bonchev–Trinajstić information content (AvgIpc) is 3.38. The van der Waals surface area contributed by atoms with Gasteiger partial charge in [0.1, 0.15) is 29.2 Å². The molecule has 4 aromatic rings. The highest BCUT2D eigenvalue weighted by Gasteiger charge is 2.36. The van der Waals surface area contributed by atoms with Crippen LogP contribution in [0.1, 0.15) is 33.4 Å². The summed E-state index contributed by atoms with van der Waals surface area (Å²) >= 11 is 0. The van der Waals surface area contributed by atoms with Gasteiger partial charge in [0.15, 0.2) is 11.6 Å². The molecular weight excluding hydrogens is 491 g/mol. The largest absolute Gasteiger partial charge is 0.443 e. The molecule has 1 aliphatic rings. The summed E-state index contributed by atoms with van der Waals surface area (Å²) in [4.78, 5) is 39.6. The molecule has 196 valence electrons. The SMILES string of the molecule is CC(=O)Nc1ncnc2c1c(-c1ccc(Oc3cccc(C)n3)c(F)c1)c1n2CCN1C(=O)OC(C)(C)C. The van der Waals surface area contributed by atoms with Crippen molar-refractivity contribution in [1.82, 2.24) is 19.5 Å². The number of nitrogens with zero attached hydrogens (tertiary/aromatic N) is 5. The maximum atomic E-state index is 15.4. The maximum absolute atomic E-state index is 15.4. The number of rotatable bonds is 4. The lowest BCUT2D eigenvalue weighted by Crippen LogP contribution is -2.35.